The Morgan fingerprint density at radius 2 is 2.40 bits per heavy atom. The number of thiazole rings is 1. The van der Waals surface area contributed by atoms with Crippen molar-refractivity contribution >= 4 is 22.5 Å². The van der Waals surface area contributed by atoms with E-state index in [2.05, 4.69) is 15.3 Å². The third kappa shape index (κ3) is 3.31. The topological polar surface area (TPSA) is 78.4 Å². The minimum Gasteiger partial charge on any atom is -0.394 e. The van der Waals surface area contributed by atoms with Crippen molar-refractivity contribution in [3.8, 4) is 11.3 Å². The maximum absolute atomic E-state index is 11.9. The van der Waals surface area contributed by atoms with Crippen molar-refractivity contribution < 1.29 is 9.90 Å². The molecule has 0 saturated heterocycles. The molecule has 0 aliphatic rings. The summed E-state index contributed by atoms with van der Waals surface area (Å²) in [6.07, 6.45) is 3.42. The van der Waals surface area contributed by atoms with E-state index in [-0.39, 0.29) is 18.7 Å². The molecule has 2 rings (SSSR count). The second-order valence-electron chi connectivity index (χ2n) is 4.35. The van der Waals surface area contributed by atoms with E-state index in [1.54, 1.807) is 26.4 Å². The first kappa shape index (κ1) is 14.4. The van der Waals surface area contributed by atoms with E-state index < -0.39 is 0 Å². The van der Waals surface area contributed by atoms with Crippen molar-refractivity contribution in [3.05, 3.63) is 29.9 Å². The number of hydrogen-bond donors (Lipinski definition) is 2. The van der Waals surface area contributed by atoms with Crippen LogP contribution in [0.2, 0.25) is 0 Å². The summed E-state index contributed by atoms with van der Waals surface area (Å²) in [5.74, 6) is 0. The van der Waals surface area contributed by atoms with Crippen molar-refractivity contribution in [2.75, 3.05) is 19.0 Å². The van der Waals surface area contributed by atoms with E-state index in [4.69, 9.17) is 5.11 Å². The number of rotatable bonds is 4. The zero-order valence-electron chi connectivity index (χ0n) is 11.3. The van der Waals surface area contributed by atoms with Gasteiger partial charge in [-0.3, -0.25) is 10.3 Å². The fourth-order valence-corrected chi connectivity index (χ4v) is 2.19. The molecule has 0 radical (unpaired) electrons. The Balaban J connectivity index is 2.05. The van der Waals surface area contributed by atoms with Gasteiger partial charge >= 0.3 is 6.03 Å². The van der Waals surface area contributed by atoms with E-state index in [0.29, 0.717) is 5.13 Å². The van der Waals surface area contributed by atoms with Crippen molar-refractivity contribution in [1.82, 2.24) is 14.9 Å². The summed E-state index contributed by atoms with van der Waals surface area (Å²) < 4.78 is 0. The number of aromatic nitrogens is 2. The van der Waals surface area contributed by atoms with E-state index in [1.807, 2.05) is 17.5 Å². The van der Waals surface area contributed by atoms with Crippen LogP contribution in [-0.2, 0) is 0 Å². The van der Waals surface area contributed by atoms with Gasteiger partial charge in [-0.25, -0.2) is 9.78 Å². The number of aliphatic hydroxyl groups is 1. The Morgan fingerprint density at radius 3 is 3.05 bits per heavy atom. The van der Waals surface area contributed by atoms with Gasteiger partial charge in [0.15, 0.2) is 5.13 Å². The molecule has 6 nitrogen and oxygen atoms in total. The smallest absolute Gasteiger partial charge is 0.323 e. The quantitative estimate of drug-likeness (QED) is 0.904. The molecule has 106 valence electrons. The third-order valence-electron chi connectivity index (χ3n) is 2.92. The van der Waals surface area contributed by atoms with Gasteiger partial charge in [-0.05, 0) is 19.1 Å². The molecule has 2 aromatic heterocycles. The van der Waals surface area contributed by atoms with Crippen LogP contribution in [0.25, 0.3) is 11.3 Å². The predicted molar refractivity (Wildman–Crippen MR) is 78.7 cm³/mol. The SMILES string of the molecule is CC(CO)N(C)C(=O)Nc1nc(-c2cccnc2)cs1. The number of hydrogen-bond acceptors (Lipinski definition) is 5. The number of anilines is 1. The molecule has 1 unspecified atom stereocenters. The van der Waals surface area contributed by atoms with Crippen molar-refractivity contribution in [2.45, 2.75) is 13.0 Å². The molecule has 0 aromatic carbocycles. The normalized spacial score (nSPS) is 11.9. The maximum Gasteiger partial charge on any atom is 0.323 e. The van der Waals surface area contributed by atoms with E-state index in [9.17, 15) is 4.79 Å². The van der Waals surface area contributed by atoms with Crippen molar-refractivity contribution in [3.63, 3.8) is 0 Å². The van der Waals surface area contributed by atoms with Crippen LogP contribution in [0.5, 0.6) is 0 Å². The lowest BCUT2D eigenvalue weighted by molar-refractivity contribution is 0.166. The average Bonchev–Trinajstić information content (AvgIpc) is 2.95. The van der Waals surface area contributed by atoms with Gasteiger partial charge in [0, 0.05) is 30.4 Å². The molecule has 7 heteroatoms. The van der Waals surface area contributed by atoms with E-state index in [0.717, 1.165) is 11.3 Å². The van der Waals surface area contributed by atoms with E-state index in [1.165, 1.54) is 16.2 Å². The van der Waals surface area contributed by atoms with Gasteiger partial charge in [0.1, 0.15) is 0 Å². The number of nitrogens with zero attached hydrogens (tertiary/aromatic N) is 3. The molecule has 2 aromatic rings. The Morgan fingerprint density at radius 1 is 1.60 bits per heavy atom. The second-order valence-corrected chi connectivity index (χ2v) is 5.21. The summed E-state index contributed by atoms with van der Waals surface area (Å²) in [6.45, 7) is 1.69. The fraction of sp³-hybridized carbons (Fsp3) is 0.308. The maximum atomic E-state index is 11.9. The third-order valence-corrected chi connectivity index (χ3v) is 3.68. The lowest BCUT2D eigenvalue weighted by Crippen LogP contribution is -2.40. The second kappa shape index (κ2) is 6.44. The molecule has 20 heavy (non-hydrogen) atoms. The van der Waals surface area contributed by atoms with Crippen LogP contribution in [0.15, 0.2) is 29.9 Å². The molecule has 0 aliphatic carbocycles. The Hall–Kier alpha value is -1.99. The van der Waals surface area contributed by atoms with Crippen LogP contribution < -0.4 is 5.32 Å². The Labute approximate surface area is 121 Å². The van der Waals surface area contributed by atoms with Gasteiger partial charge in [-0.2, -0.15) is 0 Å². The Kier molecular flexibility index (Phi) is 4.65. The van der Waals surface area contributed by atoms with Gasteiger partial charge in [0.25, 0.3) is 0 Å². The number of likely N-dealkylation sites (N-methyl/N-ethyl adjacent to an activating group) is 1. The average molecular weight is 292 g/mol. The summed E-state index contributed by atoms with van der Waals surface area (Å²) >= 11 is 1.35. The number of amides is 2. The highest BCUT2D eigenvalue weighted by atomic mass is 32.1. The highest BCUT2D eigenvalue weighted by molar-refractivity contribution is 7.14. The molecule has 2 amide bonds. The highest BCUT2D eigenvalue weighted by Crippen LogP contribution is 2.24. The molecular weight excluding hydrogens is 276 g/mol. The molecule has 0 aliphatic heterocycles. The molecule has 1 atom stereocenters. The van der Waals surface area contributed by atoms with Crippen LogP contribution >= 0.6 is 11.3 Å². The molecule has 0 bridgehead atoms. The number of nitrogens with one attached hydrogen (secondary N) is 1. The minimum absolute atomic E-state index is 0.0806. The monoisotopic (exact) mass is 292 g/mol. The van der Waals surface area contributed by atoms with Gasteiger partial charge in [-0.1, -0.05) is 0 Å². The largest absolute Gasteiger partial charge is 0.394 e. The lowest BCUT2D eigenvalue weighted by Gasteiger charge is -2.22. The molecule has 2 N–H and O–H groups in total. The zero-order chi connectivity index (χ0) is 14.5. The standard InChI is InChI=1S/C13H16N4O2S/c1-9(7-18)17(2)13(19)16-12-15-11(8-20-12)10-4-3-5-14-6-10/h3-6,8-9,18H,7H2,1-2H3,(H,15,16,19). The zero-order valence-corrected chi connectivity index (χ0v) is 12.1. The molecule has 0 spiro atoms. The minimum atomic E-state index is -0.293. The van der Waals surface area contributed by atoms with Crippen molar-refractivity contribution in [2.24, 2.45) is 0 Å². The number of pyridine rings is 1. The summed E-state index contributed by atoms with van der Waals surface area (Å²) in [7, 11) is 1.63. The van der Waals surface area contributed by atoms with Gasteiger partial charge in [0.05, 0.1) is 18.3 Å². The summed E-state index contributed by atoms with van der Waals surface area (Å²) in [5.41, 5.74) is 1.68. The molecular formula is C13H16N4O2S. The lowest BCUT2D eigenvalue weighted by atomic mass is 10.2. The summed E-state index contributed by atoms with van der Waals surface area (Å²) in [5, 5.41) is 14.1. The van der Waals surface area contributed by atoms with Crippen LogP contribution in [0, 0.1) is 0 Å². The molecule has 0 fully saturated rings. The van der Waals surface area contributed by atoms with E-state index >= 15 is 0 Å². The van der Waals surface area contributed by atoms with Crippen LogP contribution in [0.1, 0.15) is 6.92 Å². The molecule has 0 saturated carbocycles. The van der Waals surface area contributed by atoms with Crippen LogP contribution in [0.3, 0.4) is 0 Å². The Bertz CT molecular complexity index is 573. The van der Waals surface area contributed by atoms with Gasteiger partial charge < -0.3 is 10.0 Å². The summed E-state index contributed by atoms with van der Waals surface area (Å²) in [4.78, 5) is 21.7. The van der Waals surface area contributed by atoms with Gasteiger partial charge in [-0.15, -0.1) is 11.3 Å². The number of aliphatic hydroxyl groups excluding tert-OH is 1. The van der Waals surface area contributed by atoms with Crippen LogP contribution in [0.4, 0.5) is 9.93 Å². The first-order chi connectivity index (χ1) is 9.61. The fourth-order valence-electron chi connectivity index (χ4n) is 1.48. The number of urea groups is 1. The first-order valence-electron chi connectivity index (χ1n) is 6.12. The van der Waals surface area contributed by atoms with Gasteiger partial charge in [0.2, 0.25) is 0 Å². The summed E-state index contributed by atoms with van der Waals surface area (Å²) in [6, 6.07) is 3.21. The number of carbonyl (C=O) groups excluding carboxylic acids is 1. The highest BCUT2D eigenvalue weighted by Gasteiger charge is 2.16. The number of carbonyl (C=O) groups is 1. The van der Waals surface area contributed by atoms with Crippen molar-refractivity contribution in [1.29, 1.82) is 0 Å². The predicted octanol–water partition coefficient (Wildman–Crippen LogP) is 2.05. The van der Waals surface area contributed by atoms with Crippen LogP contribution in [-0.4, -0.2) is 45.7 Å². The molecule has 2 heterocycles. The first-order valence-corrected chi connectivity index (χ1v) is 7.00.